The van der Waals surface area contributed by atoms with Crippen LogP contribution in [0, 0.1) is 0 Å². The van der Waals surface area contributed by atoms with Gasteiger partial charge in [-0.2, -0.15) is 0 Å². The second-order valence-corrected chi connectivity index (χ2v) is 13.2. The van der Waals surface area contributed by atoms with Crippen molar-refractivity contribution in [1.29, 1.82) is 0 Å². The van der Waals surface area contributed by atoms with Gasteiger partial charge in [0.05, 0.1) is 0 Å². The van der Waals surface area contributed by atoms with Gasteiger partial charge in [-0.1, -0.05) is 146 Å². The van der Waals surface area contributed by atoms with Crippen molar-refractivity contribution in [1.82, 2.24) is 15.0 Å². The summed E-state index contributed by atoms with van der Waals surface area (Å²) in [6, 6.07) is 52.9. The highest BCUT2D eigenvalue weighted by Crippen LogP contribution is 2.40. The summed E-state index contributed by atoms with van der Waals surface area (Å²) in [6.07, 6.45) is 7.61. The molecule has 2 aromatic heterocycles. The summed E-state index contributed by atoms with van der Waals surface area (Å²) in [7, 11) is 0. The Morgan fingerprint density at radius 1 is 0.490 bits per heavy atom. The first-order valence-electron chi connectivity index (χ1n) is 17.4. The fourth-order valence-electron chi connectivity index (χ4n) is 7.50. The summed E-state index contributed by atoms with van der Waals surface area (Å²) >= 11 is 0. The molecule has 0 bridgehead atoms. The van der Waals surface area contributed by atoms with Crippen molar-refractivity contribution >= 4 is 49.1 Å². The number of aromatic nitrogens is 3. The Kier molecular flexibility index (Phi) is 6.91. The summed E-state index contributed by atoms with van der Waals surface area (Å²) in [5, 5.41) is 6.90. The van der Waals surface area contributed by atoms with E-state index in [4.69, 9.17) is 19.4 Å². The molecule has 10 rings (SSSR count). The topological polar surface area (TPSA) is 51.8 Å². The van der Waals surface area contributed by atoms with Crippen molar-refractivity contribution in [2.24, 2.45) is 0 Å². The minimum absolute atomic E-state index is 0.264. The average Bonchev–Trinajstić information content (AvgIpc) is 3.59. The van der Waals surface area contributed by atoms with E-state index in [0.717, 1.165) is 61.6 Å². The van der Waals surface area contributed by atoms with E-state index in [0.29, 0.717) is 17.5 Å². The highest BCUT2D eigenvalue weighted by Gasteiger charge is 2.21. The number of nitrogens with zero attached hydrogens (tertiary/aromatic N) is 3. The second kappa shape index (κ2) is 12.0. The molecule has 0 fully saturated rings. The zero-order valence-electron chi connectivity index (χ0n) is 27.7. The van der Waals surface area contributed by atoms with Gasteiger partial charge in [-0.3, -0.25) is 0 Å². The van der Waals surface area contributed by atoms with Crippen LogP contribution in [0.5, 0.6) is 0 Å². The van der Waals surface area contributed by atoms with Crippen LogP contribution in [0.4, 0.5) is 0 Å². The molecule has 0 radical (unpaired) electrons. The van der Waals surface area contributed by atoms with Gasteiger partial charge in [0.1, 0.15) is 11.2 Å². The predicted octanol–water partition coefficient (Wildman–Crippen LogP) is 12.2. The van der Waals surface area contributed by atoms with Crippen LogP contribution in [0.3, 0.4) is 0 Å². The predicted molar refractivity (Wildman–Crippen MR) is 209 cm³/mol. The smallest absolute Gasteiger partial charge is 0.164 e. The summed E-state index contributed by atoms with van der Waals surface area (Å²) in [4.78, 5) is 15.6. The molecule has 0 amide bonds. The number of hydrogen-bond donors (Lipinski definition) is 0. The molecular formula is C47H31N3O. The molecule has 0 saturated heterocycles. The van der Waals surface area contributed by atoms with Crippen LogP contribution in [0.25, 0.3) is 83.0 Å². The van der Waals surface area contributed by atoms with E-state index in [1.54, 1.807) is 0 Å². The lowest BCUT2D eigenvalue weighted by Gasteiger charge is -2.19. The average molecular weight is 654 g/mol. The SMILES string of the molecule is C1=CC(c2cccc3ccccc23)CC=C1c1nc(-c2ccc3ccccc3c2)nc(-c2cc(-c3ccccc3)cc3oc4ccccc4c23)n1. The van der Waals surface area contributed by atoms with Crippen molar-refractivity contribution in [2.45, 2.75) is 12.3 Å². The molecule has 1 unspecified atom stereocenters. The van der Waals surface area contributed by atoms with Crippen LogP contribution < -0.4 is 0 Å². The normalized spacial score (nSPS) is 14.4. The van der Waals surface area contributed by atoms with E-state index in [2.05, 4.69) is 152 Å². The number of rotatable bonds is 5. The van der Waals surface area contributed by atoms with Gasteiger partial charge in [0.15, 0.2) is 17.5 Å². The summed E-state index contributed by atoms with van der Waals surface area (Å²) in [5.41, 5.74) is 7.96. The van der Waals surface area contributed by atoms with Gasteiger partial charge in [-0.05, 0) is 68.9 Å². The number of benzene rings is 7. The Labute approximate surface area is 295 Å². The number of para-hydroxylation sites is 1. The van der Waals surface area contributed by atoms with Crippen LogP contribution in [-0.4, -0.2) is 15.0 Å². The molecule has 0 saturated carbocycles. The number of allylic oxidation sites excluding steroid dienone is 4. The lowest BCUT2D eigenvalue weighted by Crippen LogP contribution is -2.05. The van der Waals surface area contributed by atoms with Crippen molar-refractivity contribution in [2.75, 3.05) is 0 Å². The van der Waals surface area contributed by atoms with Crippen molar-refractivity contribution in [3.63, 3.8) is 0 Å². The maximum Gasteiger partial charge on any atom is 0.164 e. The van der Waals surface area contributed by atoms with E-state index in [-0.39, 0.29) is 5.92 Å². The van der Waals surface area contributed by atoms with Gasteiger partial charge in [-0.25, -0.2) is 15.0 Å². The molecule has 51 heavy (non-hydrogen) atoms. The van der Waals surface area contributed by atoms with Gasteiger partial charge in [-0.15, -0.1) is 0 Å². The van der Waals surface area contributed by atoms with Gasteiger partial charge >= 0.3 is 0 Å². The maximum absolute atomic E-state index is 6.48. The van der Waals surface area contributed by atoms with E-state index in [9.17, 15) is 0 Å². The Balaban J connectivity index is 1.16. The standard InChI is InChI=1S/C47H31N3O/c1-2-11-30(12-3-1)37-28-41(44-40-18-8-9-20-42(40)51-43(44)29-37)47-49-45(48-46(50-47)36-26-21-31-13-4-5-15-35(31)27-36)34-24-22-33(23-25-34)39-19-10-16-32-14-6-7-17-38(32)39/h1-22,24-29,33H,23H2. The third-order valence-electron chi connectivity index (χ3n) is 10.1. The van der Waals surface area contributed by atoms with Crippen LogP contribution in [-0.2, 0) is 0 Å². The largest absolute Gasteiger partial charge is 0.456 e. The Morgan fingerprint density at radius 2 is 1.22 bits per heavy atom. The molecule has 2 heterocycles. The summed E-state index contributed by atoms with van der Waals surface area (Å²) in [6.45, 7) is 0. The van der Waals surface area contributed by atoms with Crippen molar-refractivity contribution < 1.29 is 4.42 Å². The van der Waals surface area contributed by atoms with Crippen LogP contribution >= 0.6 is 0 Å². The van der Waals surface area contributed by atoms with Crippen molar-refractivity contribution in [3.8, 4) is 33.9 Å². The molecule has 0 N–H and O–H groups in total. The Bertz CT molecular complexity index is 2840. The lowest BCUT2D eigenvalue weighted by molar-refractivity contribution is 0.669. The van der Waals surface area contributed by atoms with Gasteiger partial charge < -0.3 is 4.42 Å². The van der Waals surface area contributed by atoms with E-state index >= 15 is 0 Å². The number of hydrogen-bond acceptors (Lipinski definition) is 4. The second-order valence-electron chi connectivity index (χ2n) is 13.2. The lowest BCUT2D eigenvalue weighted by atomic mass is 9.87. The number of fused-ring (bicyclic) bond motifs is 5. The van der Waals surface area contributed by atoms with Gasteiger partial charge in [0.25, 0.3) is 0 Å². The zero-order valence-corrected chi connectivity index (χ0v) is 27.7. The third-order valence-corrected chi connectivity index (χ3v) is 10.1. The zero-order chi connectivity index (χ0) is 33.7. The molecule has 4 nitrogen and oxygen atoms in total. The fraction of sp³-hybridized carbons (Fsp3) is 0.0426. The molecule has 240 valence electrons. The molecule has 4 heteroatoms. The Hall–Kier alpha value is -6.65. The summed E-state index contributed by atoms with van der Waals surface area (Å²) < 4.78 is 6.48. The highest BCUT2D eigenvalue weighted by molar-refractivity contribution is 6.13. The molecule has 9 aromatic rings. The van der Waals surface area contributed by atoms with Crippen molar-refractivity contribution in [3.05, 3.63) is 181 Å². The van der Waals surface area contributed by atoms with Crippen LogP contribution in [0.2, 0.25) is 0 Å². The quantitative estimate of drug-likeness (QED) is 0.185. The van der Waals surface area contributed by atoms with E-state index < -0.39 is 0 Å². The molecule has 0 aliphatic heterocycles. The molecular weight excluding hydrogens is 623 g/mol. The van der Waals surface area contributed by atoms with Crippen LogP contribution in [0.1, 0.15) is 23.7 Å². The van der Waals surface area contributed by atoms with Gasteiger partial charge in [0.2, 0.25) is 0 Å². The minimum atomic E-state index is 0.264. The molecule has 1 aliphatic rings. The molecule has 1 atom stereocenters. The first kappa shape index (κ1) is 29.3. The van der Waals surface area contributed by atoms with E-state index in [1.165, 1.54) is 21.7 Å². The maximum atomic E-state index is 6.48. The van der Waals surface area contributed by atoms with Crippen LogP contribution in [0.15, 0.2) is 174 Å². The van der Waals surface area contributed by atoms with Gasteiger partial charge in [0, 0.05) is 33.4 Å². The monoisotopic (exact) mass is 653 g/mol. The third kappa shape index (κ3) is 5.20. The molecule has 7 aromatic carbocycles. The molecule has 1 aliphatic carbocycles. The first-order valence-corrected chi connectivity index (χ1v) is 17.4. The minimum Gasteiger partial charge on any atom is -0.456 e. The first-order chi connectivity index (χ1) is 25.2. The molecule has 0 spiro atoms. The number of furan rings is 1. The Morgan fingerprint density at radius 3 is 2.08 bits per heavy atom. The fourth-order valence-corrected chi connectivity index (χ4v) is 7.50. The highest BCUT2D eigenvalue weighted by atomic mass is 16.3. The summed E-state index contributed by atoms with van der Waals surface area (Å²) in [5.74, 6) is 2.17. The van der Waals surface area contributed by atoms with E-state index in [1.807, 2.05) is 18.2 Å².